The van der Waals surface area contributed by atoms with Crippen LogP contribution in [0.3, 0.4) is 0 Å². The number of nitrogens with zero attached hydrogens (tertiary/aromatic N) is 3. The highest BCUT2D eigenvalue weighted by Crippen LogP contribution is 2.23. The van der Waals surface area contributed by atoms with Gasteiger partial charge >= 0.3 is 0 Å². The summed E-state index contributed by atoms with van der Waals surface area (Å²) in [6.45, 7) is 19.0. The summed E-state index contributed by atoms with van der Waals surface area (Å²) in [7, 11) is 0. The minimum Gasteiger partial charge on any atom is -0.346 e. The predicted octanol–water partition coefficient (Wildman–Crippen LogP) is 3.63. The van der Waals surface area contributed by atoms with Crippen molar-refractivity contribution in [1.82, 2.24) is 14.4 Å². The van der Waals surface area contributed by atoms with Crippen LogP contribution >= 0.6 is 0 Å². The molecular formula is C19H33N3O. The van der Waals surface area contributed by atoms with Crippen molar-refractivity contribution in [2.24, 2.45) is 0 Å². The summed E-state index contributed by atoms with van der Waals surface area (Å²) in [6.07, 6.45) is 1.05. The van der Waals surface area contributed by atoms with Crippen molar-refractivity contribution in [3.63, 3.8) is 0 Å². The summed E-state index contributed by atoms with van der Waals surface area (Å²) in [5.41, 5.74) is 3.32. The van der Waals surface area contributed by atoms with Gasteiger partial charge in [-0.3, -0.25) is 9.69 Å². The molecule has 0 atom stereocenters. The summed E-state index contributed by atoms with van der Waals surface area (Å²) in [4.78, 5) is 17.5. The van der Waals surface area contributed by atoms with Gasteiger partial charge in [-0.05, 0) is 61.0 Å². The van der Waals surface area contributed by atoms with Gasteiger partial charge in [-0.15, -0.1) is 0 Å². The third-order valence-electron chi connectivity index (χ3n) is 4.96. The summed E-state index contributed by atoms with van der Waals surface area (Å²) >= 11 is 0. The number of aromatic nitrogens is 1. The Labute approximate surface area is 141 Å². The van der Waals surface area contributed by atoms with E-state index in [0.29, 0.717) is 6.04 Å². The van der Waals surface area contributed by atoms with Gasteiger partial charge in [0.1, 0.15) is 0 Å². The molecule has 0 spiro atoms. The lowest BCUT2D eigenvalue weighted by Crippen LogP contribution is -2.44. The quantitative estimate of drug-likeness (QED) is 0.833. The van der Waals surface area contributed by atoms with E-state index >= 15 is 0 Å². The molecule has 2 rings (SSSR count). The van der Waals surface area contributed by atoms with Gasteiger partial charge in [-0.1, -0.05) is 0 Å². The van der Waals surface area contributed by atoms with Gasteiger partial charge in [0, 0.05) is 49.1 Å². The van der Waals surface area contributed by atoms with E-state index in [9.17, 15) is 4.79 Å². The first-order chi connectivity index (χ1) is 10.6. The first kappa shape index (κ1) is 18.1. The van der Waals surface area contributed by atoms with E-state index in [4.69, 9.17) is 0 Å². The summed E-state index contributed by atoms with van der Waals surface area (Å²) in [6, 6.07) is 2.45. The highest BCUT2D eigenvalue weighted by molar-refractivity contribution is 5.95. The van der Waals surface area contributed by atoms with Gasteiger partial charge in [0.2, 0.25) is 0 Å². The molecule has 1 amide bonds. The van der Waals surface area contributed by atoms with Crippen LogP contribution in [-0.2, 0) is 0 Å². The maximum absolute atomic E-state index is 13.0. The van der Waals surface area contributed by atoms with E-state index in [1.807, 2.05) is 4.90 Å². The molecule has 4 heteroatoms. The molecule has 2 heterocycles. The molecule has 1 aliphatic rings. The van der Waals surface area contributed by atoms with E-state index in [1.54, 1.807) is 0 Å². The minimum absolute atomic E-state index is 0.173. The smallest absolute Gasteiger partial charge is 0.255 e. The monoisotopic (exact) mass is 319 g/mol. The zero-order valence-electron chi connectivity index (χ0n) is 15.9. The van der Waals surface area contributed by atoms with Crippen molar-refractivity contribution in [1.29, 1.82) is 0 Å². The molecule has 0 saturated carbocycles. The lowest BCUT2D eigenvalue weighted by atomic mass is 10.1. The Morgan fingerprint density at radius 2 is 1.74 bits per heavy atom. The summed E-state index contributed by atoms with van der Waals surface area (Å²) < 4.78 is 2.26. The fourth-order valence-electron chi connectivity index (χ4n) is 3.75. The molecule has 0 aliphatic carbocycles. The Morgan fingerprint density at radius 3 is 2.26 bits per heavy atom. The van der Waals surface area contributed by atoms with Gasteiger partial charge in [0.05, 0.1) is 5.56 Å². The van der Waals surface area contributed by atoms with Gasteiger partial charge in [-0.2, -0.15) is 0 Å². The van der Waals surface area contributed by atoms with Gasteiger partial charge in [0.25, 0.3) is 5.91 Å². The van der Waals surface area contributed by atoms with Crippen molar-refractivity contribution in [2.75, 3.05) is 26.2 Å². The SMILES string of the molecule is Cc1cc(C(=O)N2CCCN(C(C)(C)C)CC2)c(C)n1C(C)C. The zero-order valence-corrected chi connectivity index (χ0v) is 15.9. The van der Waals surface area contributed by atoms with E-state index in [1.165, 1.54) is 5.69 Å². The van der Waals surface area contributed by atoms with Crippen LogP contribution in [0, 0.1) is 13.8 Å². The first-order valence-electron chi connectivity index (χ1n) is 8.85. The Kier molecular flexibility index (Phi) is 5.24. The molecule has 1 aromatic heterocycles. The fourth-order valence-corrected chi connectivity index (χ4v) is 3.75. The topological polar surface area (TPSA) is 28.5 Å². The van der Waals surface area contributed by atoms with E-state index < -0.39 is 0 Å². The lowest BCUT2D eigenvalue weighted by Gasteiger charge is -2.34. The highest BCUT2D eigenvalue weighted by atomic mass is 16.2. The molecule has 0 unspecified atom stereocenters. The van der Waals surface area contributed by atoms with Crippen LogP contribution in [0.25, 0.3) is 0 Å². The Balaban J connectivity index is 2.17. The van der Waals surface area contributed by atoms with Crippen LogP contribution in [0.15, 0.2) is 6.07 Å². The second kappa shape index (κ2) is 6.68. The average Bonchev–Trinajstić information content (AvgIpc) is 2.63. The molecule has 0 bridgehead atoms. The molecule has 1 fully saturated rings. The van der Waals surface area contributed by atoms with Crippen LogP contribution in [0.1, 0.15) is 68.8 Å². The first-order valence-corrected chi connectivity index (χ1v) is 8.85. The fraction of sp³-hybridized carbons (Fsp3) is 0.737. The summed E-state index contributed by atoms with van der Waals surface area (Å²) in [5, 5.41) is 0. The number of amides is 1. The second-order valence-electron chi connectivity index (χ2n) is 8.05. The van der Waals surface area contributed by atoms with Gasteiger partial charge in [-0.25, -0.2) is 0 Å². The molecule has 0 radical (unpaired) electrons. The molecule has 1 aliphatic heterocycles. The van der Waals surface area contributed by atoms with Crippen LogP contribution in [-0.4, -0.2) is 52.0 Å². The number of carbonyl (C=O) groups is 1. The Bertz CT molecular complexity index is 566. The molecule has 130 valence electrons. The van der Waals surface area contributed by atoms with E-state index in [-0.39, 0.29) is 11.4 Å². The third-order valence-corrected chi connectivity index (χ3v) is 4.96. The number of rotatable bonds is 2. The molecule has 4 nitrogen and oxygen atoms in total. The predicted molar refractivity (Wildman–Crippen MR) is 96.1 cm³/mol. The molecule has 0 aromatic carbocycles. The Morgan fingerprint density at radius 1 is 1.09 bits per heavy atom. The molecular weight excluding hydrogens is 286 g/mol. The molecule has 0 N–H and O–H groups in total. The number of aryl methyl sites for hydroxylation is 1. The number of hydrogen-bond acceptors (Lipinski definition) is 2. The molecule has 1 aromatic rings. The molecule has 1 saturated heterocycles. The standard InChI is InChI=1S/C19H33N3O/c1-14(2)22-15(3)13-17(16(22)4)18(23)20-9-8-10-21(12-11-20)19(5,6)7/h13-14H,8-12H2,1-7H3. The van der Waals surface area contributed by atoms with Crippen molar-refractivity contribution >= 4 is 5.91 Å². The van der Waals surface area contributed by atoms with E-state index in [2.05, 4.69) is 64.0 Å². The number of carbonyl (C=O) groups excluding carboxylic acids is 1. The molecule has 23 heavy (non-hydrogen) atoms. The third kappa shape index (κ3) is 3.79. The van der Waals surface area contributed by atoms with Crippen molar-refractivity contribution in [3.8, 4) is 0 Å². The normalized spacial score (nSPS) is 17.7. The number of hydrogen-bond donors (Lipinski definition) is 0. The highest BCUT2D eigenvalue weighted by Gasteiger charge is 2.27. The van der Waals surface area contributed by atoms with Crippen LogP contribution < -0.4 is 0 Å². The van der Waals surface area contributed by atoms with Crippen LogP contribution in [0.4, 0.5) is 0 Å². The van der Waals surface area contributed by atoms with Crippen LogP contribution in [0.2, 0.25) is 0 Å². The van der Waals surface area contributed by atoms with Crippen molar-refractivity contribution in [2.45, 2.75) is 66.5 Å². The Hall–Kier alpha value is -1.29. The van der Waals surface area contributed by atoms with Crippen molar-refractivity contribution < 1.29 is 4.79 Å². The summed E-state index contributed by atoms with van der Waals surface area (Å²) in [5.74, 6) is 0.195. The van der Waals surface area contributed by atoms with Gasteiger partial charge < -0.3 is 9.47 Å². The second-order valence-corrected chi connectivity index (χ2v) is 8.05. The maximum Gasteiger partial charge on any atom is 0.255 e. The van der Waals surface area contributed by atoms with Crippen molar-refractivity contribution in [3.05, 3.63) is 23.0 Å². The largest absolute Gasteiger partial charge is 0.346 e. The van der Waals surface area contributed by atoms with Crippen LogP contribution in [0.5, 0.6) is 0 Å². The van der Waals surface area contributed by atoms with E-state index in [0.717, 1.165) is 43.9 Å². The minimum atomic E-state index is 0.173. The van der Waals surface area contributed by atoms with Gasteiger partial charge in [0.15, 0.2) is 0 Å². The zero-order chi connectivity index (χ0) is 17.4. The maximum atomic E-state index is 13.0. The lowest BCUT2D eigenvalue weighted by molar-refractivity contribution is 0.0748. The average molecular weight is 319 g/mol.